The number of para-hydroxylation sites is 1. The Kier molecular flexibility index (Phi) is 4.03. The number of fused-ring (bicyclic) bond motifs is 1. The quantitative estimate of drug-likeness (QED) is 0.781. The van der Waals surface area contributed by atoms with Crippen molar-refractivity contribution in [3.05, 3.63) is 30.1 Å². The molecule has 112 valence electrons. The molecule has 2 aromatic rings. The predicted molar refractivity (Wildman–Crippen MR) is 84.2 cm³/mol. The summed E-state index contributed by atoms with van der Waals surface area (Å²) in [5.41, 5.74) is 6.31. The van der Waals surface area contributed by atoms with E-state index in [0.717, 1.165) is 48.2 Å². The minimum absolute atomic E-state index is 0.136. The van der Waals surface area contributed by atoms with Crippen LogP contribution in [0.5, 0.6) is 0 Å². The first-order chi connectivity index (χ1) is 10.3. The second-order valence-corrected chi connectivity index (χ2v) is 5.81. The molecule has 5 nitrogen and oxygen atoms in total. The summed E-state index contributed by atoms with van der Waals surface area (Å²) in [6.07, 6.45) is 4.91. The van der Waals surface area contributed by atoms with Gasteiger partial charge in [0.2, 0.25) is 0 Å². The topological polar surface area (TPSA) is 84.1 Å². The first-order valence-corrected chi connectivity index (χ1v) is 7.61. The maximum atomic E-state index is 9.80. The highest BCUT2D eigenvalue weighted by molar-refractivity contribution is 5.89. The molecule has 1 saturated carbocycles. The van der Waals surface area contributed by atoms with Gasteiger partial charge in [0.15, 0.2) is 0 Å². The van der Waals surface area contributed by atoms with Crippen LogP contribution >= 0.6 is 0 Å². The molecule has 1 aromatic heterocycles. The lowest BCUT2D eigenvalue weighted by Gasteiger charge is -2.29. The number of hydrogen-bond acceptors (Lipinski definition) is 5. The summed E-state index contributed by atoms with van der Waals surface area (Å²) in [5.74, 6) is 1.57. The number of anilines is 1. The summed E-state index contributed by atoms with van der Waals surface area (Å²) in [6, 6.07) is 7.97. The van der Waals surface area contributed by atoms with Gasteiger partial charge in [0.1, 0.15) is 11.6 Å². The Labute approximate surface area is 124 Å². The van der Waals surface area contributed by atoms with Crippen molar-refractivity contribution in [2.24, 2.45) is 5.73 Å². The van der Waals surface area contributed by atoms with Crippen molar-refractivity contribution in [1.82, 2.24) is 9.97 Å². The van der Waals surface area contributed by atoms with E-state index in [1.165, 1.54) is 0 Å². The van der Waals surface area contributed by atoms with Crippen LogP contribution in [-0.2, 0) is 6.42 Å². The third-order valence-electron chi connectivity index (χ3n) is 4.26. The van der Waals surface area contributed by atoms with Crippen molar-refractivity contribution in [1.29, 1.82) is 0 Å². The Morgan fingerprint density at radius 3 is 2.67 bits per heavy atom. The molecule has 1 aromatic carbocycles. The number of aliphatic hydroxyl groups excluding tert-OH is 1. The lowest BCUT2D eigenvalue weighted by molar-refractivity contribution is 0.214. The summed E-state index contributed by atoms with van der Waals surface area (Å²) in [6.45, 7) is 0.667. The number of benzene rings is 1. The normalized spacial score (nSPS) is 17.2. The van der Waals surface area contributed by atoms with Gasteiger partial charge in [-0.15, -0.1) is 0 Å². The van der Waals surface area contributed by atoms with Crippen molar-refractivity contribution in [3.63, 3.8) is 0 Å². The minimum atomic E-state index is -0.239. The fraction of sp³-hybridized carbons (Fsp3) is 0.500. The van der Waals surface area contributed by atoms with Gasteiger partial charge in [0, 0.05) is 11.8 Å². The smallest absolute Gasteiger partial charge is 0.138 e. The van der Waals surface area contributed by atoms with Crippen molar-refractivity contribution < 1.29 is 5.11 Å². The van der Waals surface area contributed by atoms with E-state index in [1.807, 2.05) is 24.3 Å². The van der Waals surface area contributed by atoms with Crippen LogP contribution in [0, 0.1) is 0 Å². The number of aliphatic hydroxyl groups is 1. The molecule has 0 bridgehead atoms. The number of rotatable bonds is 5. The molecule has 0 saturated heterocycles. The Morgan fingerprint density at radius 1 is 1.19 bits per heavy atom. The van der Waals surface area contributed by atoms with E-state index in [4.69, 9.17) is 5.73 Å². The number of hydrogen-bond donors (Lipinski definition) is 3. The van der Waals surface area contributed by atoms with E-state index in [9.17, 15) is 5.11 Å². The Morgan fingerprint density at radius 2 is 1.95 bits per heavy atom. The van der Waals surface area contributed by atoms with E-state index >= 15 is 0 Å². The van der Waals surface area contributed by atoms with Crippen LogP contribution in [-0.4, -0.2) is 33.8 Å². The van der Waals surface area contributed by atoms with Crippen LogP contribution in [0.25, 0.3) is 10.9 Å². The molecule has 0 amide bonds. The molecule has 3 rings (SSSR count). The highest BCUT2D eigenvalue weighted by Gasteiger charge is 2.33. The summed E-state index contributed by atoms with van der Waals surface area (Å²) < 4.78 is 0. The molecule has 1 aliphatic carbocycles. The summed E-state index contributed by atoms with van der Waals surface area (Å²) in [7, 11) is 0. The molecule has 0 spiro atoms. The Hall–Kier alpha value is -1.72. The second kappa shape index (κ2) is 5.95. The monoisotopic (exact) mass is 286 g/mol. The lowest BCUT2D eigenvalue weighted by Crippen LogP contribution is -2.39. The molecule has 1 fully saturated rings. The second-order valence-electron chi connectivity index (χ2n) is 5.81. The Bertz CT molecular complexity index is 623. The van der Waals surface area contributed by atoms with Crippen LogP contribution < -0.4 is 11.1 Å². The highest BCUT2D eigenvalue weighted by atomic mass is 16.3. The summed E-state index contributed by atoms with van der Waals surface area (Å²) >= 11 is 0. The molecule has 5 heteroatoms. The number of nitrogens with two attached hydrogens (primary N) is 1. The zero-order valence-electron chi connectivity index (χ0n) is 12.2. The Balaban J connectivity index is 2.03. The zero-order valence-corrected chi connectivity index (χ0v) is 12.2. The molecule has 0 aliphatic heterocycles. The van der Waals surface area contributed by atoms with Crippen LogP contribution in [0.3, 0.4) is 0 Å². The molecule has 1 aliphatic rings. The van der Waals surface area contributed by atoms with Gasteiger partial charge in [-0.3, -0.25) is 0 Å². The highest BCUT2D eigenvalue weighted by Crippen LogP contribution is 2.34. The van der Waals surface area contributed by atoms with Crippen LogP contribution in [0.1, 0.15) is 31.5 Å². The maximum Gasteiger partial charge on any atom is 0.138 e. The average Bonchev–Trinajstić information content (AvgIpc) is 2.97. The third kappa shape index (κ3) is 2.84. The molecule has 4 N–H and O–H groups in total. The standard InChI is InChI=1S/C16H22N4O/c17-10-7-14-18-13-6-2-1-5-12(13)15(19-14)20-16(11-21)8-3-4-9-16/h1-2,5-6,21H,3-4,7-11,17H2,(H,18,19,20). The fourth-order valence-electron chi connectivity index (χ4n) is 3.09. The van der Waals surface area contributed by atoms with Crippen molar-refractivity contribution in [3.8, 4) is 0 Å². The van der Waals surface area contributed by atoms with E-state index in [1.54, 1.807) is 0 Å². The van der Waals surface area contributed by atoms with Crippen LogP contribution in [0.15, 0.2) is 24.3 Å². The van der Waals surface area contributed by atoms with Gasteiger partial charge in [-0.25, -0.2) is 9.97 Å². The molecule has 0 unspecified atom stereocenters. The SMILES string of the molecule is NCCc1nc(NC2(CO)CCCC2)c2ccccc2n1. The maximum absolute atomic E-state index is 9.80. The largest absolute Gasteiger partial charge is 0.394 e. The molecule has 21 heavy (non-hydrogen) atoms. The van der Waals surface area contributed by atoms with Crippen LogP contribution in [0.4, 0.5) is 5.82 Å². The molecule has 1 heterocycles. The van der Waals surface area contributed by atoms with Gasteiger partial charge in [0.25, 0.3) is 0 Å². The summed E-state index contributed by atoms with van der Waals surface area (Å²) in [5, 5.41) is 14.3. The van der Waals surface area contributed by atoms with Gasteiger partial charge in [-0.05, 0) is 31.5 Å². The third-order valence-corrected chi connectivity index (χ3v) is 4.26. The zero-order chi connectivity index (χ0) is 14.7. The van der Waals surface area contributed by atoms with Gasteiger partial charge >= 0.3 is 0 Å². The number of aromatic nitrogens is 2. The number of nitrogens with zero attached hydrogens (tertiary/aromatic N) is 2. The minimum Gasteiger partial charge on any atom is -0.394 e. The molecular formula is C16H22N4O. The average molecular weight is 286 g/mol. The van der Waals surface area contributed by atoms with Crippen molar-refractivity contribution in [2.75, 3.05) is 18.5 Å². The van der Waals surface area contributed by atoms with Crippen molar-refractivity contribution >= 4 is 16.7 Å². The van der Waals surface area contributed by atoms with Gasteiger partial charge in [0.05, 0.1) is 17.7 Å². The molecular weight excluding hydrogens is 264 g/mol. The van der Waals surface area contributed by atoms with Gasteiger partial charge < -0.3 is 16.2 Å². The predicted octanol–water partition coefficient (Wildman–Crippen LogP) is 1.85. The first-order valence-electron chi connectivity index (χ1n) is 7.61. The molecule has 0 radical (unpaired) electrons. The molecule has 0 atom stereocenters. The van der Waals surface area contributed by atoms with E-state index in [0.29, 0.717) is 13.0 Å². The first kappa shape index (κ1) is 14.2. The van der Waals surface area contributed by atoms with E-state index in [2.05, 4.69) is 15.3 Å². The fourth-order valence-corrected chi connectivity index (χ4v) is 3.09. The number of nitrogens with one attached hydrogen (secondary N) is 1. The van der Waals surface area contributed by atoms with Crippen molar-refractivity contribution in [2.45, 2.75) is 37.6 Å². The van der Waals surface area contributed by atoms with E-state index in [-0.39, 0.29) is 12.1 Å². The summed E-state index contributed by atoms with van der Waals surface area (Å²) in [4.78, 5) is 9.19. The lowest BCUT2D eigenvalue weighted by atomic mass is 9.98. The van der Waals surface area contributed by atoms with Crippen LogP contribution in [0.2, 0.25) is 0 Å². The van der Waals surface area contributed by atoms with E-state index < -0.39 is 0 Å². The van der Waals surface area contributed by atoms with Gasteiger partial charge in [-0.2, -0.15) is 0 Å². The van der Waals surface area contributed by atoms with Gasteiger partial charge in [-0.1, -0.05) is 25.0 Å².